The number of hydrogen-bond acceptors (Lipinski definition) is 5. The van der Waals surface area contributed by atoms with Gasteiger partial charge in [0, 0.05) is 12.4 Å². The molecule has 0 amide bonds. The summed E-state index contributed by atoms with van der Waals surface area (Å²) in [7, 11) is 0. The van der Waals surface area contributed by atoms with Gasteiger partial charge in [0.25, 0.3) is 0 Å². The zero-order chi connectivity index (χ0) is 11.6. The molecule has 1 fully saturated rings. The summed E-state index contributed by atoms with van der Waals surface area (Å²) in [5.74, 6) is 0.0432. The summed E-state index contributed by atoms with van der Waals surface area (Å²) in [5.41, 5.74) is 0.778. The summed E-state index contributed by atoms with van der Waals surface area (Å²) >= 11 is 0. The fourth-order valence-corrected chi connectivity index (χ4v) is 1.55. The van der Waals surface area contributed by atoms with Crippen LogP contribution in [0, 0.1) is 6.92 Å². The largest absolute Gasteiger partial charge is 0.474 e. The van der Waals surface area contributed by atoms with Gasteiger partial charge in [-0.05, 0) is 20.8 Å². The Morgan fingerprint density at radius 2 is 2.19 bits per heavy atom. The standard InChI is InChI=1S/C11H16N2O3/c1-8-10(13-5-4-12-8)14-6-9-7-15-11(2,3)16-9/h4-5,9H,6-7H2,1-3H3. The lowest BCUT2D eigenvalue weighted by molar-refractivity contribution is -0.141. The molecular formula is C11H16N2O3. The van der Waals surface area contributed by atoms with Gasteiger partial charge >= 0.3 is 0 Å². The van der Waals surface area contributed by atoms with Crippen molar-refractivity contribution >= 4 is 0 Å². The van der Waals surface area contributed by atoms with E-state index >= 15 is 0 Å². The third kappa shape index (κ3) is 2.68. The molecule has 1 aliphatic heterocycles. The number of rotatable bonds is 3. The lowest BCUT2D eigenvalue weighted by atomic mass is 10.4. The predicted octanol–water partition coefficient (Wildman–Crippen LogP) is 1.32. The van der Waals surface area contributed by atoms with Crippen LogP contribution in [0.2, 0.25) is 0 Å². The molecule has 0 aromatic carbocycles. The number of aryl methyl sites for hydroxylation is 1. The third-order valence-electron chi connectivity index (χ3n) is 2.31. The first-order valence-electron chi connectivity index (χ1n) is 5.29. The number of aromatic nitrogens is 2. The first-order chi connectivity index (χ1) is 7.57. The average Bonchev–Trinajstić information content (AvgIpc) is 2.57. The van der Waals surface area contributed by atoms with Gasteiger partial charge in [-0.25, -0.2) is 4.98 Å². The average molecular weight is 224 g/mol. The molecule has 0 N–H and O–H groups in total. The molecule has 2 rings (SSSR count). The Kier molecular flexibility index (Phi) is 3.07. The SMILES string of the molecule is Cc1nccnc1OCC1COC(C)(C)O1. The van der Waals surface area contributed by atoms with Crippen molar-refractivity contribution in [3.05, 3.63) is 18.1 Å². The fraction of sp³-hybridized carbons (Fsp3) is 0.636. The normalized spacial score (nSPS) is 23.3. The molecule has 88 valence electrons. The highest BCUT2D eigenvalue weighted by Crippen LogP contribution is 2.22. The van der Waals surface area contributed by atoms with Gasteiger partial charge in [-0.3, -0.25) is 4.98 Å². The molecule has 1 saturated heterocycles. The van der Waals surface area contributed by atoms with Crippen LogP contribution in [0.15, 0.2) is 12.4 Å². The van der Waals surface area contributed by atoms with Crippen molar-refractivity contribution in [2.45, 2.75) is 32.7 Å². The van der Waals surface area contributed by atoms with Crippen molar-refractivity contribution in [3.8, 4) is 5.88 Å². The van der Waals surface area contributed by atoms with E-state index in [9.17, 15) is 0 Å². The molecule has 5 heteroatoms. The Hall–Kier alpha value is -1.20. The van der Waals surface area contributed by atoms with Crippen LogP contribution in [0.4, 0.5) is 0 Å². The van der Waals surface area contributed by atoms with Gasteiger partial charge in [-0.15, -0.1) is 0 Å². The van der Waals surface area contributed by atoms with E-state index < -0.39 is 5.79 Å². The maximum atomic E-state index is 5.61. The van der Waals surface area contributed by atoms with Crippen LogP contribution in [-0.2, 0) is 9.47 Å². The molecule has 1 atom stereocenters. The summed E-state index contributed by atoms with van der Waals surface area (Å²) in [5, 5.41) is 0. The third-order valence-corrected chi connectivity index (χ3v) is 2.31. The molecule has 0 saturated carbocycles. The Morgan fingerprint density at radius 3 is 2.81 bits per heavy atom. The van der Waals surface area contributed by atoms with E-state index in [1.807, 2.05) is 20.8 Å². The second-order valence-electron chi connectivity index (χ2n) is 4.21. The molecule has 5 nitrogen and oxygen atoms in total. The minimum absolute atomic E-state index is 0.0450. The highest BCUT2D eigenvalue weighted by atomic mass is 16.7. The van der Waals surface area contributed by atoms with Crippen LogP contribution < -0.4 is 4.74 Å². The zero-order valence-electron chi connectivity index (χ0n) is 9.77. The first kappa shape index (κ1) is 11.3. The monoisotopic (exact) mass is 224 g/mol. The van der Waals surface area contributed by atoms with Gasteiger partial charge in [0.15, 0.2) is 5.79 Å². The summed E-state index contributed by atoms with van der Waals surface area (Å²) in [4.78, 5) is 8.19. The smallest absolute Gasteiger partial charge is 0.235 e. The van der Waals surface area contributed by atoms with Crippen LogP contribution in [0.25, 0.3) is 0 Å². The molecule has 0 aliphatic carbocycles. The quantitative estimate of drug-likeness (QED) is 0.775. The molecule has 1 aliphatic rings. The summed E-state index contributed by atoms with van der Waals surface area (Å²) in [6.45, 7) is 6.62. The summed E-state index contributed by atoms with van der Waals surface area (Å²) in [6, 6.07) is 0. The van der Waals surface area contributed by atoms with Crippen molar-refractivity contribution in [1.82, 2.24) is 9.97 Å². The van der Waals surface area contributed by atoms with E-state index in [4.69, 9.17) is 14.2 Å². The van der Waals surface area contributed by atoms with E-state index in [-0.39, 0.29) is 6.10 Å². The van der Waals surface area contributed by atoms with Crippen LogP contribution in [0.5, 0.6) is 5.88 Å². The molecule has 1 aromatic heterocycles. The molecule has 2 heterocycles. The van der Waals surface area contributed by atoms with Crippen molar-refractivity contribution < 1.29 is 14.2 Å². The number of nitrogens with zero attached hydrogens (tertiary/aromatic N) is 2. The maximum Gasteiger partial charge on any atom is 0.235 e. The Bertz CT molecular complexity index is 368. The number of hydrogen-bond donors (Lipinski definition) is 0. The van der Waals surface area contributed by atoms with Crippen molar-refractivity contribution in [3.63, 3.8) is 0 Å². The van der Waals surface area contributed by atoms with E-state index in [2.05, 4.69) is 9.97 Å². The van der Waals surface area contributed by atoms with Crippen LogP contribution in [-0.4, -0.2) is 35.1 Å². The fourth-order valence-electron chi connectivity index (χ4n) is 1.55. The Balaban J connectivity index is 1.87. The molecule has 0 bridgehead atoms. The van der Waals surface area contributed by atoms with Gasteiger partial charge in [0.05, 0.1) is 12.3 Å². The van der Waals surface area contributed by atoms with E-state index in [1.54, 1.807) is 12.4 Å². The molecule has 16 heavy (non-hydrogen) atoms. The van der Waals surface area contributed by atoms with Crippen LogP contribution >= 0.6 is 0 Å². The zero-order valence-corrected chi connectivity index (χ0v) is 9.77. The highest BCUT2D eigenvalue weighted by Gasteiger charge is 2.33. The summed E-state index contributed by atoms with van der Waals surface area (Å²) < 4.78 is 16.6. The van der Waals surface area contributed by atoms with Crippen molar-refractivity contribution in [2.24, 2.45) is 0 Å². The lowest BCUT2D eigenvalue weighted by Gasteiger charge is -2.17. The minimum atomic E-state index is -0.508. The van der Waals surface area contributed by atoms with E-state index in [0.29, 0.717) is 19.1 Å². The molecular weight excluding hydrogens is 208 g/mol. The topological polar surface area (TPSA) is 53.5 Å². The second kappa shape index (κ2) is 4.35. The molecule has 1 unspecified atom stereocenters. The van der Waals surface area contributed by atoms with Crippen LogP contribution in [0.1, 0.15) is 19.5 Å². The predicted molar refractivity (Wildman–Crippen MR) is 57.2 cm³/mol. The summed E-state index contributed by atoms with van der Waals surface area (Å²) in [6.07, 6.45) is 3.20. The second-order valence-corrected chi connectivity index (χ2v) is 4.21. The molecule has 1 aromatic rings. The van der Waals surface area contributed by atoms with Gasteiger partial charge in [0.2, 0.25) is 5.88 Å². The number of ether oxygens (including phenoxy) is 3. The van der Waals surface area contributed by atoms with Gasteiger partial charge in [0.1, 0.15) is 12.7 Å². The Labute approximate surface area is 94.8 Å². The minimum Gasteiger partial charge on any atom is -0.474 e. The van der Waals surface area contributed by atoms with Gasteiger partial charge in [-0.2, -0.15) is 0 Å². The lowest BCUT2D eigenvalue weighted by Crippen LogP contribution is -2.25. The maximum absolute atomic E-state index is 5.61. The van der Waals surface area contributed by atoms with E-state index in [0.717, 1.165) is 5.69 Å². The highest BCUT2D eigenvalue weighted by molar-refractivity contribution is 5.14. The molecule has 0 radical (unpaired) electrons. The Morgan fingerprint density at radius 1 is 1.44 bits per heavy atom. The molecule has 0 spiro atoms. The van der Waals surface area contributed by atoms with Gasteiger partial charge in [-0.1, -0.05) is 0 Å². The van der Waals surface area contributed by atoms with Crippen LogP contribution in [0.3, 0.4) is 0 Å². The first-order valence-corrected chi connectivity index (χ1v) is 5.29. The van der Waals surface area contributed by atoms with Crippen molar-refractivity contribution in [2.75, 3.05) is 13.2 Å². The van der Waals surface area contributed by atoms with E-state index in [1.165, 1.54) is 0 Å². The van der Waals surface area contributed by atoms with Gasteiger partial charge < -0.3 is 14.2 Å². The van der Waals surface area contributed by atoms with Crippen molar-refractivity contribution in [1.29, 1.82) is 0 Å².